The van der Waals surface area contributed by atoms with Gasteiger partial charge >= 0.3 is 6.03 Å². The summed E-state index contributed by atoms with van der Waals surface area (Å²) in [6.45, 7) is 1.97. The minimum absolute atomic E-state index is 0.272. The zero-order valence-corrected chi connectivity index (χ0v) is 14.3. The molecule has 1 N–H and O–H groups in total. The van der Waals surface area contributed by atoms with Crippen molar-refractivity contribution in [1.29, 1.82) is 0 Å². The predicted octanol–water partition coefficient (Wildman–Crippen LogP) is 2.41. The monoisotopic (exact) mass is 350 g/mol. The first-order valence-electron chi connectivity index (χ1n) is 8.47. The van der Waals surface area contributed by atoms with Crippen molar-refractivity contribution < 1.29 is 19.1 Å². The van der Waals surface area contributed by atoms with Gasteiger partial charge in [-0.1, -0.05) is 48.0 Å². The molecule has 1 atom stereocenters. The van der Waals surface area contributed by atoms with Crippen molar-refractivity contribution in [2.24, 2.45) is 0 Å². The van der Waals surface area contributed by atoms with Gasteiger partial charge in [0.15, 0.2) is 11.3 Å². The van der Waals surface area contributed by atoms with E-state index in [2.05, 4.69) is 5.32 Å². The average Bonchev–Trinajstić information content (AvgIpc) is 2.87. The number of rotatable bonds is 3. The van der Waals surface area contributed by atoms with Crippen molar-refractivity contribution in [3.05, 3.63) is 65.2 Å². The molecule has 132 valence electrons. The van der Waals surface area contributed by atoms with Crippen molar-refractivity contribution in [3.8, 4) is 5.75 Å². The minimum atomic E-state index is -1.15. The topological polar surface area (TPSA) is 75.7 Å². The number of ketones is 1. The van der Waals surface area contributed by atoms with Crippen LogP contribution in [0, 0.1) is 6.92 Å². The number of para-hydroxylation sites is 1. The predicted molar refractivity (Wildman–Crippen MR) is 94.0 cm³/mol. The van der Waals surface area contributed by atoms with Crippen molar-refractivity contribution in [1.82, 2.24) is 10.2 Å². The minimum Gasteiger partial charge on any atom is -0.493 e. The Balaban J connectivity index is 1.63. The number of imide groups is 1. The number of aryl methyl sites for hydroxylation is 1. The third-order valence-corrected chi connectivity index (χ3v) is 4.93. The molecule has 0 bridgehead atoms. The van der Waals surface area contributed by atoms with Gasteiger partial charge in [0.2, 0.25) is 0 Å². The van der Waals surface area contributed by atoms with Gasteiger partial charge in [-0.2, -0.15) is 0 Å². The summed E-state index contributed by atoms with van der Waals surface area (Å²) in [6.07, 6.45) is 0.337. The Morgan fingerprint density at radius 1 is 1.15 bits per heavy atom. The van der Waals surface area contributed by atoms with Gasteiger partial charge in [-0.05, 0) is 13.0 Å². The largest absolute Gasteiger partial charge is 0.493 e. The van der Waals surface area contributed by atoms with E-state index in [0.29, 0.717) is 29.9 Å². The van der Waals surface area contributed by atoms with E-state index in [1.807, 2.05) is 25.1 Å². The van der Waals surface area contributed by atoms with E-state index in [1.54, 1.807) is 30.3 Å². The summed E-state index contributed by atoms with van der Waals surface area (Å²) in [5, 5.41) is 2.80. The Morgan fingerprint density at radius 3 is 2.65 bits per heavy atom. The molecule has 0 saturated carbocycles. The van der Waals surface area contributed by atoms with E-state index in [0.717, 1.165) is 10.5 Å². The zero-order valence-electron chi connectivity index (χ0n) is 14.3. The lowest BCUT2D eigenvalue weighted by Crippen LogP contribution is -2.47. The van der Waals surface area contributed by atoms with E-state index < -0.39 is 17.5 Å². The molecule has 3 amide bonds. The fourth-order valence-electron chi connectivity index (χ4n) is 3.49. The first-order valence-corrected chi connectivity index (χ1v) is 8.47. The summed E-state index contributed by atoms with van der Waals surface area (Å²) in [5.74, 6) is -0.0938. The number of hydrogen-bond donors (Lipinski definition) is 1. The Bertz CT molecular complexity index is 906. The molecule has 0 aliphatic carbocycles. The van der Waals surface area contributed by atoms with Crippen molar-refractivity contribution >= 4 is 17.7 Å². The van der Waals surface area contributed by atoms with E-state index >= 15 is 0 Å². The third kappa shape index (κ3) is 2.45. The van der Waals surface area contributed by atoms with E-state index in [9.17, 15) is 14.4 Å². The molecule has 2 heterocycles. The van der Waals surface area contributed by atoms with E-state index in [4.69, 9.17) is 4.74 Å². The molecule has 1 unspecified atom stereocenters. The number of hydrogen-bond acceptors (Lipinski definition) is 4. The highest BCUT2D eigenvalue weighted by molar-refractivity contribution is 6.11. The van der Waals surface area contributed by atoms with E-state index in [1.165, 1.54) is 0 Å². The van der Waals surface area contributed by atoms with Crippen LogP contribution in [0.5, 0.6) is 5.75 Å². The molecule has 2 aliphatic heterocycles. The lowest BCUT2D eigenvalue weighted by atomic mass is 9.84. The molecule has 1 saturated heterocycles. The van der Waals surface area contributed by atoms with Gasteiger partial charge in [0, 0.05) is 17.5 Å². The van der Waals surface area contributed by atoms with Crippen LogP contribution in [-0.4, -0.2) is 35.8 Å². The average molecular weight is 350 g/mol. The number of urea groups is 1. The number of nitrogens with zero attached hydrogens (tertiary/aromatic N) is 1. The maximum atomic E-state index is 13.1. The molecule has 1 spiro atoms. The molecule has 6 heteroatoms. The number of nitrogens with one attached hydrogen (secondary N) is 1. The smallest absolute Gasteiger partial charge is 0.325 e. The van der Waals surface area contributed by atoms with Gasteiger partial charge in [-0.3, -0.25) is 14.5 Å². The number of amides is 3. The van der Waals surface area contributed by atoms with Crippen LogP contribution < -0.4 is 10.1 Å². The molecule has 0 aromatic heterocycles. The molecular weight excluding hydrogens is 332 g/mol. The first kappa shape index (κ1) is 16.3. The molecule has 2 aliphatic rings. The van der Waals surface area contributed by atoms with Gasteiger partial charge in [-0.25, -0.2) is 4.79 Å². The summed E-state index contributed by atoms with van der Waals surface area (Å²) in [6, 6.07) is 13.7. The SMILES string of the molecule is Cc1ccc(C(=O)CN2C(=O)NC3(CCOc4ccccc43)C2=O)cc1. The van der Waals surface area contributed by atoms with Crippen molar-refractivity contribution in [2.45, 2.75) is 18.9 Å². The lowest BCUT2D eigenvalue weighted by Gasteiger charge is -2.33. The number of fused-ring (bicyclic) bond motifs is 2. The highest BCUT2D eigenvalue weighted by atomic mass is 16.5. The summed E-state index contributed by atoms with van der Waals surface area (Å²) in [4.78, 5) is 39.1. The van der Waals surface area contributed by atoms with Gasteiger partial charge in [-0.15, -0.1) is 0 Å². The maximum Gasteiger partial charge on any atom is 0.325 e. The van der Waals surface area contributed by atoms with Crippen LogP contribution in [0.4, 0.5) is 4.79 Å². The second kappa shape index (κ2) is 5.98. The summed E-state index contributed by atoms with van der Waals surface area (Å²) >= 11 is 0. The fraction of sp³-hybridized carbons (Fsp3) is 0.250. The van der Waals surface area contributed by atoms with Crippen molar-refractivity contribution in [2.75, 3.05) is 13.2 Å². The number of ether oxygens (including phenoxy) is 1. The van der Waals surface area contributed by atoms with Crippen LogP contribution in [0.1, 0.15) is 27.9 Å². The van der Waals surface area contributed by atoms with E-state index in [-0.39, 0.29) is 12.3 Å². The zero-order chi connectivity index (χ0) is 18.3. The number of carbonyl (C=O) groups excluding carboxylic acids is 3. The van der Waals surface area contributed by atoms with Crippen molar-refractivity contribution in [3.63, 3.8) is 0 Å². The Labute approximate surface area is 150 Å². The Hall–Kier alpha value is -3.15. The molecule has 6 nitrogen and oxygen atoms in total. The van der Waals surface area contributed by atoms with Crippen LogP contribution in [0.2, 0.25) is 0 Å². The molecule has 0 radical (unpaired) electrons. The number of Topliss-reactive ketones (excluding diaryl/α,β-unsaturated/α-hetero) is 1. The molecule has 2 aromatic carbocycles. The van der Waals surface area contributed by atoms with Crippen LogP contribution in [0.3, 0.4) is 0 Å². The van der Waals surface area contributed by atoms with Gasteiger partial charge < -0.3 is 10.1 Å². The molecular formula is C20H18N2O4. The lowest BCUT2D eigenvalue weighted by molar-refractivity contribution is -0.132. The highest BCUT2D eigenvalue weighted by Crippen LogP contribution is 2.40. The summed E-state index contributed by atoms with van der Waals surface area (Å²) < 4.78 is 5.60. The molecule has 4 rings (SSSR count). The number of carbonyl (C=O) groups is 3. The quantitative estimate of drug-likeness (QED) is 0.681. The molecule has 1 fully saturated rings. The van der Waals surface area contributed by atoms with Crippen LogP contribution in [0.15, 0.2) is 48.5 Å². The molecule has 26 heavy (non-hydrogen) atoms. The van der Waals surface area contributed by atoms with Gasteiger partial charge in [0.05, 0.1) is 13.2 Å². The Morgan fingerprint density at radius 2 is 1.88 bits per heavy atom. The van der Waals surface area contributed by atoms with Crippen LogP contribution in [0.25, 0.3) is 0 Å². The summed E-state index contributed by atoms with van der Waals surface area (Å²) in [7, 11) is 0. The van der Waals surface area contributed by atoms with Crippen LogP contribution in [-0.2, 0) is 10.3 Å². The van der Waals surface area contributed by atoms with Gasteiger partial charge in [0.1, 0.15) is 5.75 Å². The molecule has 2 aromatic rings. The first-order chi connectivity index (χ1) is 12.5. The summed E-state index contributed by atoms with van der Waals surface area (Å²) in [5.41, 5.74) is 0.994. The second-order valence-electron chi connectivity index (χ2n) is 6.61. The standard InChI is InChI=1S/C20H18N2O4/c1-13-6-8-14(9-7-13)16(23)12-22-18(24)20(21-19(22)25)10-11-26-17-5-3-2-4-15(17)20/h2-9H,10-12H2,1H3,(H,21,25). The fourth-order valence-corrected chi connectivity index (χ4v) is 3.49. The Kier molecular flexibility index (Phi) is 3.76. The third-order valence-electron chi connectivity index (χ3n) is 4.93. The number of benzene rings is 2. The normalized spacial score (nSPS) is 21.3. The van der Waals surface area contributed by atoms with Crippen LogP contribution >= 0.6 is 0 Å². The highest BCUT2D eigenvalue weighted by Gasteiger charge is 2.55. The second-order valence-corrected chi connectivity index (χ2v) is 6.61. The maximum absolute atomic E-state index is 13.1. The van der Waals surface area contributed by atoms with Gasteiger partial charge in [0.25, 0.3) is 5.91 Å².